The average Bonchev–Trinajstić information content (AvgIpc) is 2.21. The molecule has 0 saturated carbocycles. The lowest BCUT2D eigenvalue weighted by atomic mass is 10.1. The summed E-state index contributed by atoms with van der Waals surface area (Å²) in [6.07, 6.45) is 2.74. The molecule has 1 rings (SSSR count). The summed E-state index contributed by atoms with van der Waals surface area (Å²) in [5.74, 6) is -0.172. The summed E-state index contributed by atoms with van der Waals surface area (Å²) in [6, 6.07) is 5.29. The average molecular weight is 286 g/mol. The Labute approximate surface area is 105 Å². The minimum absolute atomic E-state index is 0.00699. The van der Waals surface area contributed by atoms with Crippen LogP contribution in [0.3, 0.4) is 0 Å². The Morgan fingerprint density at radius 1 is 1.50 bits per heavy atom. The van der Waals surface area contributed by atoms with Crippen LogP contribution in [-0.4, -0.2) is 6.04 Å². The molecule has 0 heterocycles. The number of benzene rings is 1. The highest BCUT2D eigenvalue weighted by Crippen LogP contribution is 2.22. The fourth-order valence-electron chi connectivity index (χ4n) is 1.68. The van der Waals surface area contributed by atoms with Gasteiger partial charge >= 0.3 is 0 Å². The molecule has 0 aliphatic rings. The molecule has 16 heavy (non-hydrogen) atoms. The van der Waals surface area contributed by atoms with Gasteiger partial charge in [0.2, 0.25) is 0 Å². The summed E-state index contributed by atoms with van der Waals surface area (Å²) in [7, 11) is 0. The lowest BCUT2D eigenvalue weighted by molar-refractivity contribution is 0.465. The fraction of sp³-hybridized carbons (Fsp3) is 0.385. The number of hydrogen-bond acceptors (Lipinski definition) is 1. The summed E-state index contributed by atoms with van der Waals surface area (Å²) in [4.78, 5) is 0. The first-order valence-corrected chi connectivity index (χ1v) is 6.15. The molecule has 1 aromatic carbocycles. The molecule has 1 aromatic rings. The van der Waals surface area contributed by atoms with Crippen molar-refractivity contribution in [1.29, 1.82) is 0 Å². The van der Waals surface area contributed by atoms with Crippen LogP contribution in [0.1, 0.15) is 31.9 Å². The Hall–Kier alpha value is -0.670. The number of hydrogen-bond donors (Lipinski definition) is 1. The van der Waals surface area contributed by atoms with Crippen molar-refractivity contribution in [1.82, 2.24) is 5.32 Å². The zero-order valence-electron chi connectivity index (χ0n) is 9.63. The monoisotopic (exact) mass is 285 g/mol. The van der Waals surface area contributed by atoms with Crippen molar-refractivity contribution in [3.8, 4) is 0 Å². The summed E-state index contributed by atoms with van der Waals surface area (Å²) >= 11 is 3.35. The minimum Gasteiger partial charge on any atom is -0.307 e. The van der Waals surface area contributed by atoms with Crippen molar-refractivity contribution in [2.24, 2.45) is 0 Å². The number of halogens is 2. The Balaban J connectivity index is 2.75. The summed E-state index contributed by atoms with van der Waals surface area (Å²) in [6.45, 7) is 7.72. The molecule has 1 N–H and O–H groups in total. The van der Waals surface area contributed by atoms with Crippen LogP contribution in [0.15, 0.2) is 35.3 Å². The highest BCUT2D eigenvalue weighted by molar-refractivity contribution is 9.10. The third-order valence-electron chi connectivity index (χ3n) is 2.48. The molecule has 0 spiro atoms. The van der Waals surface area contributed by atoms with Gasteiger partial charge in [0.25, 0.3) is 0 Å². The smallest absolute Gasteiger partial charge is 0.128 e. The Morgan fingerprint density at radius 3 is 2.81 bits per heavy atom. The van der Waals surface area contributed by atoms with Gasteiger partial charge in [0.15, 0.2) is 0 Å². The molecule has 1 nitrogen and oxygen atoms in total. The van der Waals surface area contributed by atoms with Gasteiger partial charge in [0.05, 0.1) is 0 Å². The van der Waals surface area contributed by atoms with Crippen LogP contribution in [0.25, 0.3) is 0 Å². The Morgan fingerprint density at radius 2 is 2.19 bits per heavy atom. The van der Waals surface area contributed by atoms with E-state index in [1.54, 1.807) is 6.07 Å². The maximum atomic E-state index is 13.6. The van der Waals surface area contributed by atoms with Gasteiger partial charge in [-0.3, -0.25) is 0 Å². The normalized spacial score (nSPS) is 14.5. The molecule has 2 unspecified atom stereocenters. The van der Waals surface area contributed by atoms with E-state index in [0.29, 0.717) is 11.6 Å². The van der Waals surface area contributed by atoms with E-state index in [9.17, 15) is 4.39 Å². The Kier molecular flexibility index (Phi) is 5.16. The number of nitrogens with one attached hydrogen (secondary N) is 1. The molecule has 88 valence electrons. The van der Waals surface area contributed by atoms with Gasteiger partial charge < -0.3 is 5.32 Å². The van der Waals surface area contributed by atoms with Crippen LogP contribution in [0.2, 0.25) is 0 Å². The van der Waals surface area contributed by atoms with Crippen LogP contribution in [0.5, 0.6) is 0 Å². The van der Waals surface area contributed by atoms with E-state index in [1.807, 2.05) is 19.1 Å². The summed E-state index contributed by atoms with van der Waals surface area (Å²) in [5, 5.41) is 3.33. The van der Waals surface area contributed by atoms with E-state index in [0.717, 1.165) is 10.9 Å². The zero-order chi connectivity index (χ0) is 12.1. The second-order valence-corrected chi connectivity index (χ2v) is 4.90. The first-order valence-electron chi connectivity index (χ1n) is 5.36. The lowest BCUT2D eigenvalue weighted by Crippen LogP contribution is -2.28. The van der Waals surface area contributed by atoms with E-state index in [2.05, 4.69) is 34.7 Å². The first kappa shape index (κ1) is 13.4. The predicted octanol–water partition coefficient (Wildman–Crippen LogP) is 4.20. The van der Waals surface area contributed by atoms with Crippen LogP contribution in [0, 0.1) is 5.82 Å². The molecule has 0 saturated heterocycles. The van der Waals surface area contributed by atoms with Crippen molar-refractivity contribution in [3.63, 3.8) is 0 Å². The third-order valence-corrected chi connectivity index (χ3v) is 2.97. The molecule has 0 amide bonds. The SMILES string of the molecule is C=CCC(C)NC(C)c1cc(Br)ccc1F. The molecule has 3 heteroatoms. The maximum Gasteiger partial charge on any atom is 0.128 e. The van der Waals surface area contributed by atoms with Crippen LogP contribution in [0.4, 0.5) is 4.39 Å². The molecule has 0 fully saturated rings. The second kappa shape index (κ2) is 6.16. The van der Waals surface area contributed by atoms with E-state index < -0.39 is 0 Å². The first-order chi connectivity index (χ1) is 7.54. The van der Waals surface area contributed by atoms with Gasteiger partial charge in [0.1, 0.15) is 5.82 Å². The molecular formula is C13H17BrFN. The van der Waals surface area contributed by atoms with Gasteiger partial charge in [-0.2, -0.15) is 0 Å². The van der Waals surface area contributed by atoms with Gasteiger partial charge in [-0.15, -0.1) is 6.58 Å². The standard InChI is InChI=1S/C13H17BrFN/c1-4-5-9(2)16-10(3)12-8-11(14)6-7-13(12)15/h4,6-10,16H,1,5H2,2-3H3. The predicted molar refractivity (Wildman–Crippen MR) is 69.9 cm³/mol. The zero-order valence-corrected chi connectivity index (χ0v) is 11.2. The highest BCUT2D eigenvalue weighted by atomic mass is 79.9. The van der Waals surface area contributed by atoms with Crippen molar-refractivity contribution in [2.45, 2.75) is 32.4 Å². The molecular weight excluding hydrogens is 269 g/mol. The van der Waals surface area contributed by atoms with Crippen LogP contribution < -0.4 is 5.32 Å². The molecule has 0 aromatic heterocycles. The van der Waals surface area contributed by atoms with Crippen LogP contribution >= 0.6 is 15.9 Å². The largest absolute Gasteiger partial charge is 0.307 e. The lowest BCUT2D eigenvalue weighted by Gasteiger charge is -2.20. The molecule has 0 bridgehead atoms. The van der Waals surface area contributed by atoms with E-state index in [-0.39, 0.29) is 11.9 Å². The maximum absolute atomic E-state index is 13.6. The quantitative estimate of drug-likeness (QED) is 0.800. The second-order valence-electron chi connectivity index (χ2n) is 3.98. The van der Waals surface area contributed by atoms with Gasteiger partial charge in [0, 0.05) is 22.1 Å². The highest BCUT2D eigenvalue weighted by Gasteiger charge is 2.12. The Bertz CT molecular complexity index is 365. The number of rotatable bonds is 5. The van der Waals surface area contributed by atoms with Gasteiger partial charge in [-0.25, -0.2) is 4.39 Å². The fourth-order valence-corrected chi connectivity index (χ4v) is 2.06. The summed E-state index contributed by atoms with van der Waals surface area (Å²) < 4.78 is 14.5. The van der Waals surface area contributed by atoms with Gasteiger partial charge in [-0.05, 0) is 38.5 Å². The summed E-state index contributed by atoms with van der Waals surface area (Å²) in [5.41, 5.74) is 0.685. The molecule has 0 aliphatic heterocycles. The van der Waals surface area contributed by atoms with E-state index in [1.165, 1.54) is 6.07 Å². The molecule has 2 atom stereocenters. The third kappa shape index (κ3) is 3.72. The van der Waals surface area contributed by atoms with Crippen molar-refractivity contribution in [2.75, 3.05) is 0 Å². The topological polar surface area (TPSA) is 12.0 Å². The van der Waals surface area contributed by atoms with Crippen molar-refractivity contribution < 1.29 is 4.39 Å². The molecule has 0 radical (unpaired) electrons. The van der Waals surface area contributed by atoms with E-state index >= 15 is 0 Å². The van der Waals surface area contributed by atoms with Gasteiger partial charge in [-0.1, -0.05) is 22.0 Å². The molecule has 0 aliphatic carbocycles. The van der Waals surface area contributed by atoms with Crippen LogP contribution in [-0.2, 0) is 0 Å². The van der Waals surface area contributed by atoms with E-state index in [4.69, 9.17) is 0 Å². The van der Waals surface area contributed by atoms with Crippen molar-refractivity contribution in [3.05, 3.63) is 46.7 Å². The minimum atomic E-state index is -0.172. The van der Waals surface area contributed by atoms with Crippen molar-refractivity contribution >= 4 is 15.9 Å².